The van der Waals surface area contributed by atoms with Crippen LogP contribution in [0.5, 0.6) is 5.75 Å². The second kappa shape index (κ2) is 7.66. The SMILES string of the molecule is CC(=O)Oc1ccc([C@H](c2ccccc2)c2ccccc2C(=O)O)cc1. The van der Waals surface area contributed by atoms with Crippen molar-refractivity contribution in [3.05, 3.63) is 101 Å². The van der Waals surface area contributed by atoms with Crippen LogP contribution in [0.4, 0.5) is 0 Å². The summed E-state index contributed by atoms with van der Waals surface area (Å²) in [7, 11) is 0. The van der Waals surface area contributed by atoms with E-state index in [-0.39, 0.29) is 17.5 Å². The molecule has 0 aliphatic rings. The highest BCUT2D eigenvalue weighted by Gasteiger charge is 2.22. The minimum absolute atomic E-state index is 0.241. The standard InChI is InChI=1S/C22H18O4/c1-15(23)26-18-13-11-17(12-14-18)21(16-7-3-2-4-8-16)19-9-5-6-10-20(19)22(24)25/h2-14,21H,1H3,(H,24,25)/t21-/m0/s1. The maximum Gasteiger partial charge on any atom is 0.335 e. The van der Waals surface area contributed by atoms with E-state index in [0.29, 0.717) is 11.3 Å². The van der Waals surface area contributed by atoms with E-state index < -0.39 is 5.97 Å². The monoisotopic (exact) mass is 346 g/mol. The predicted octanol–water partition coefficient (Wildman–Crippen LogP) is 4.49. The highest BCUT2D eigenvalue weighted by Crippen LogP contribution is 2.34. The lowest BCUT2D eigenvalue weighted by Crippen LogP contribution is -2.10. The summed E-state index contributed by atoms with van der Waals surface area (Å²) in [5, 5.41) is 9.59. The molecule has 4 nitrogen and oxygen atoms in total. The predicted molar refractivity (Wildman–Crippen MR) is 98.5 cm³/mol. The Labute approximate surface area is 151 Å². The summed E-state index contributed by atoms with van der Waals surface area (Å²) in [4.78, 5) is 22.8. The molecule has 0 unspecified atom stereocenters. The van der Waals surface area contributed by atoms with Gasteiger partial charge in [0.05, 0.1) is 5.56 Å². The lowest BCUT2D eigenvalue weighted by Gasteiger charge is -2.21. The molecule has 0 saturated heterocycles. The zero-order chi connectivity index (χ0) is 18.5. The first-order chi connectivity index (χ1) is 12.6. The second-order valence-corrected chi connectivity index (χ2v) is 5.90. The molecule has 0 aliphatic heterocycles. The van der Waals surface area contributed by atoms with Crippen LogP contribution in [0.3, 0.4) is 0 Å². The Morgan fingerprint density at radius 1 is 0.808 bits per heavy atom. The summed E-state index contributed by atoms with van der Waals surface area (Å²) in [6.45, 7) is 1.35. The molecule has 0 spiro atoms. The number of carboxylic acid groups (broad SMARTS) is 1. The first-order valence-electron chi connectivity index (χ1n) is 8.22. The van der Waals surface area contributed by atoms with Crippen molar-refractivity contribution < 1.29 is 19.4 Å². The van der Waals surface area contributed by atoms with Crippen LogP contribution in [0.25, 0.3) is 0 Å². The van der Waals surface area contributed by atoms with Gasteiger partial charge in [0.2, 0.25) is 0 Å². The largest absolute Gasteiger partial charge is 0.478 e. The van der Waals surface area contributed by atoms with Crippen molar-refractivity contribution in [2.24, 2.45) is 0 Å². The average molecular weight is 346 g/mol. The molecule has 0 aliphatic carbocycles. The Morgan fingerprint density at radius 3 is 2.00 bits per heavy atom. The van der Waals surface area contributed by atoms with Crippen LogP contribution >= 0.6 is 0 Å². The fourth-order valence-corrected chi connectivity index (χ4v) is 3.03. The number of carbonyl (C=O) groups is 2. The first-order valence-corrected chi connectivity index (χ1v) is 8.22. The summed E-state index contributed by atoms with van der Waals surface area (Å²) < 4.78 is 5.09. The maximum atomic E-state index is 11.7. The van der Waals surface area contributed by atoms with E-state index in [9.17, 15) is 14.7 Å². The molecule has 0 fully saturated rings. The van der Waals surface area contributed by atoms with E-state index in [1.165, 1.54) is 6.92 Å². The van der Waals surface area contributed by atoms with Gasteiger partial charge in [-0.15, -0.1) is 0 Å². The molecule has 26 heavy (non-hydrogen) atoms. The summed E-state index contributed by atoms with van der Waals surface area (Å²) in [6, 6.07) is 23.9. The number of carbonyl (C=O) groups excluding carboxylic acids is 1. The Balaban J connectivity index is 2.11. The van der Waals surface area contributed by atoms with Crippen molar-refractivity contribution in [1.82, 2.24) is 0 Å². The van der Waals surface area contributed by atoms with Crippen LogP contribution in [0, 0.1) is 0 Å². The fourth-order valence-electron chi connectivity index (χ4n) is 3.03. The second-order valence-electron chi connectivity index (χ2n) is 5.90. The maximum absolute atomic E-state index is 11.7. The molecule has 1 atom stereocenters. The Kier molecular flexibility index (Phi) is 5.13. The van der Waals surface area contributed by atoms with Crippen molar-refractivity contribution in [3.63, 3.8) is 0 Å². The van der Waals surface area contributed by atoms with E-state index in [2.05, 4.69) is 0 Å². The van der Waals surface area contributed by atoms with Crippen LogP contribution < -0.4 is 4.74 Å². The summed E-state index contributed by atoms with van der Waals surface area (Å²) in [5.41, 5.74) is 2.89. The molecule has 0 bridgehead atoms. The van der Waals surface area contributed by atoms with Gasteiger partial charge in [-0.2, -0.15) is 0 Å². The van der Waals surface area contributed by atoms with Gasteiger partial charge in [0.1, 0.15) is 5.75 Å². The van der Waals surface area contributed by atoms with Crippen molar-refractivity contribution in [2.75, 3.05) is 0 Å². The van der Waals surface area contributed by atoms with Crippen LogP contribution in [0.1, 0.15) is 39.9 Å². The topological polar surface area (TPSA) is 63.6 Å². The zero-order valence-electron chi connectivity index (χ0n) is 14.3. The van der Waals surface area contributed by atoms with Crippen molar-refractivity contribution in [1.29, 1.82) is 0 Å². The van der Waals surface area contributed by atoms with Gasteiger partial charge in [-0.1, -0.05) is 60.7 Å². The molecule has 0 heterocycles. The number of carboxylic acids is 1. The number of aromatic carboxylic acids is 1. The minimum atomic E-state index is -0.960. The van der Waals surface area contributed by atoms with Crippen LogP contribution in [0.15, 0.2) is 78.9 Å². The van der Waals surface area contributed by atoms with Gasteiger partial charge in [-0.05, 0) is 34.9 Å². The highest BCUT2D eigenvalue weighted by atomic mass is 16.5. The number of hydrogen-bond acceptors (Lipinski definition) is 3. The minimum Gasteiger partial charge on any atom is -0.478 e. The molecule has 130 valence electrons. The average Bonchev–Trinajstić information content (AvgIpc) is 2.64. The van der Waals surface area contributed by atoms with Gasteiger partial charge in [0, 0.05) is 12.8 Å². The van der Waals surface area contributed by atoms with Gasteiger partial charge in [-0.3, -0.25) is 4.79 Å². The highest BCUT2D eigenvalue weighted by molar-refractivity contribution is 5.90. The molecule has 0 amide bonds. The third-order valence-corrected chi connectivity index (χ3v) is 4.11. The van der Waals surface area contributed by atoms with Gasteiger partial charge in [0.25, 0.3) is 0 Å². The number of benzene rings is 3. The van der Waals surface area contributed by atoms with Gasteiger partial charge in [-0.25, -0.2) is 4.79 Å². The Morgan fingerprint density at radius 2 is 1.38 bits per heavy atom. The van der Waals surface area contributed by atoms with E-state index in [0.717, 1.165) is 11.1 Å². The summed E-state index contributed by atoms with van der Waals surface area (Å²) in [5.74, 6) is -1.12. The van der Waals surface area contributed by atoms with Crippen molar-refractivity contribution >= 4 is 11.9 Å². The zero-order valence-corrected chi connectivity index (χ0v) is 14.3. The van der Waals surface area contributed by atoms with E-state index in [4.69, 9.17) is 4.74 Å². The van der Waals surface area contributed by atoms with Crippen LogP contribution in [-0.4, -0.2) is 17.0 Å². The van der Waals surface area contributed by atoms with Gasteiger partial charge in [0.15, 0.2) is 0 Å². The normalized spacial score (nSPS) is 11.6. The smallest absolute Gasteiger partial charge is 0.335 e. The third-order valence-electron chi connectivity index (χ3n) is 4.11. The third kappa shape index (κ3) is 3.81. The van der Waals surface area contributed by atoms with Crippen LogP contribution in [-0.2, 0) is 4.79 Å². The fraction of sp³-hybridized carbons (Fsp3) is 0.0909. The number of esters is 1. The molecule has 3 rings (SSSR count). The number of ether oxygens (including phenoxy) is 1. The van der Waals surface area contributed by atoms with Gasteiger partial charge >= 0.3 is 11.9 Å². The first kappa shape index (κ1) is 17.4. The van der Waals surface area contributed by atoms with Gasteiger partial charge < -0.3 is 9.84 Å². The molecule has 4 heteroatoms. The molecular weight excluding hydrogens is 328 g/mol. The molecule has 3 aromatic rings. The number of hydrogen-bond donors (Lipinski definition) is 1. The molecule has 1 N–H and O–H groups in total. The van der Waals surface area contributed by atoms with E-state index in [1.54, 1.807) is 24.3 Å². The summed E-state index contributed by atoms with van der Waals surface area (Å²) in [6.07, 6.45) is 0. The lowest BCUT2D eigenvalue weighted by molar-refractivity contribution is -0.131. The molecule has 0 aromatic heterocycles. The van der Waals surface area contributed by atoms with E-state index >= 15 is 0 Å². The van der Waals surface area contributed by atoms with Crippen molar-refractivity contribution in [2.45, 2.75) is 12.8 Å². The molecule has 0 radical (unpaired) electrons. The molecular formula is C22H18O4. The van der Waals surface area contributed by atoms with Crippen LogP contribution in [0.2, 0.25) is 0 Å². The lowest BCUT2D eigenvalue weighted by atomic mass is 9.83. The quantitative estimate of drug-likeness (QED) is 0.420. The Bertz CT molecular complexity index is 914. The molecule has 0 saturated carbocycles. The summed E-state index contributed by atoms with van der Waals surface area (Å²) >= 11 is 0. The molecule has 3 aromatic carbocycles. The van der Waals surface area contributed by atoms with Crippen molar-refractivity contribution in [3.8, 4) is 5.75 Å². The Hall–Kier alpha value is -3.40. The number of rotatable bonds is 5. The van der Waals surface area contributed by atoms with E-state index in [1.807, 2.05) is 54.6 Å².